The highest BCUT2D eigenvalue weighted by atomic mass is 16.6. The molecule has 2 rings (SSSR count). The summed E-state index contributed by atoms with van der Waals surface area (Å²) in [5, 5.41) is 14.4. The largest absolute Gasteiger partial charge is 0.487 e. The second-order valence-corrected chi connectivity index (χ2v) is 4.37. The number of nitrogens with zero attached hydrogens (tertiary/aromatic N) is 1. The fourth-order valence-electron chi connectivity index (χ4n) is 2.16. The van der Waals surface area contributed by atoms with Crippen molar-refractivity contribution in [2.45, 2.75) is 25.8 Å². The molecule has 6 heteroatoms. The number of anilines is 1. The summed E-state index contributed by atoms with van der Waals surface area (Å²) in [5.41, 5.74) is 0.527. The van der Waals surface area contributed by atoms with Crippen molar-refractivity contribution in [3.05, 3.63) is 28.3 Å². The molecule has 1 fully saturated rings. The van der Waals surface area contributed by atoms with Crippen molar-refractivity contribution in [3.8, 4) is 5.75 Å². The van der Waals surface area contributed by atoms with E-state index >= 15 is 0 Å². The van der Waals surface area contributed by atoms with Gasteiger partial charge in [0, 0.05) is 19.3 Å². The summed E-state index contributed by atoms with van der Waals surface area (Å²) in [4.78, 5) is 10.8. The minimum atomic E-state index is -0.396. The van der Waals surface area contributed by atoms with Gasteiger partial charge in [-0.2, -0.15) is 0 Å². The van der Waals surface area contributed by atoms with Gasteiger partial charge in [0.05, 0.1) is 11.5 Å². The highest BCUT2D eigenvalue weighted by Gasteiger charge is 2.23. The SMILES string of the molecule is CCOc1cccc(NC2CCOCC2)c1[N+](=O)[O-]. The van der Waals surface area contributed by atoms with E-state index in [1.807, 2.05) is 6.92 Å². The van der Waals surface area contributed by atoms with Gasteiger partial charge in [0.2, 0.25) is 0 Å². The molecule has 1 aliphatic rings. The van der Waals surface area contributed by atoms with Gasteiger partial charge in [-0.25, -0.2) is 0 Å². The summed E-state index contributed by atoms with van der Waals surface area (Å²) in [7, 11) is 0. The standard InChI is InChI=1S/C13H18N2O4/c1-2-19-12-5-3-4-11(13(12)15(16)17)14-10-6-8-18-9-7-10/h3-5,10,14H,2,6-9H2,1H3. The first-order valence-corrected chi connectivity index (χ1v) is 6.47. The predicted octanol–water partition coefficient (Wildman–Crippen LogP) is 2.58. The number of benzene rings is 1. The third-order valence-corrected chi connectivity index (χ3v) is 3.06. The number of hydrogen-bond acceptors (Lipinski definition) is 5. The molecule has 0 amide bonds. The Morgan fingerprint density at radius 1 is 1.47 bits per heavy atom. The average Bonchev–Trinajstić information content (AvgIpc) is 2.40. The molecule has 104 valence electrons. The number of nitro benzene ring substituents is 1. The maximum absolute atomic E-state index is 11.2. The zero-order valence-corrected chi connectivity index (χ0v) is 10.9. The van der Waals surface area contributed by atoms with Crippen LogP contribution in [-0.2, 0) is 4.74 Å². The molecule has 0 aliphatic carbocycles. The third-order valence-electron chi connectivity index (χ3n) is 3.06. The average molecular weight is 266 g/mol. The molecular formula is C13H18N2O4. The normalized spacial score (nSPS) is 16.1. The Bertz CT molecular complexity index is 444. The van der Waals surface area contributed by atoms with Gasteiger partial charge in [0.15, 0.2) is 5.75 Å². The molecule has 0 spiro atoms. The monoisotopic (exact) mass is 266 g/mol. The number of rotatable bonds is 5. The summed E-state index contributed by atoms with van der Waals surface area (Å²) in [6.45, 7) is 3.59. The topological polar surface area (TPSA) is 73.6 Å². The molecule has 0 radical (unpaired) electrons. The van der Waals surface area contributed by atoms with Crippen LogP contribution in [0.1, 0.15) is 19.8 Å². The second kappa shape index (κ2) is 6.38. The fraction of sp³-hybridized carbons (Fsp3) is 0.538. The van der Waals surface area contributed by atoms with Crippen LogP contribution in [0, 0.1) is 10.1 Å². The van der Waals surface area contributed by atoms with Crippen LogP contribution in [-0.4, -0.2) is 30.8 Å². The lowest BCUT2D eigenvalue weighted by Gasteiger charge is -2.24. The molecule has 0 aromatic heterocycles. The summed E-state index contributed by atoms with van der Waals surface area (Å²) in [5.74, 6) is 0.310. The minimum absolute atomic E-state index is 0.0100. The van der Waals surface area contributed by atoms with E-state index in [0.29, 0.717) is 31.3 Å². The van der Waals surface area contributed by atoms with Gasteiger partial charge in [-0.3, -0.25) is 10.1 Å². The predicted molar refractivity (Wildman–Crippen MR) is 71.7 cm³/mol. The molecular weight excluding hydrogens is 248 g/mol. The van der Waals surface area contributed by atoms with Crippen LogP contribution in [0.5, 0.6) is 5.75 Å². The molecule has 6 nitrogen and oxygen atoms in total. The molecule has 1 saturated heterocycles. The van der Waals surface area contributed by atoms with Crippen molar-refractivity contribution in [2.75, 3.05) is 25.1 Å². The van der Waals surface area contributed by atoms with Crippen LogP contribution in [0.15, 0.2) is 18.2 Å². The van der Waals surface area contributed by atoms with E-state index < -0.39 is 4.92 Å². The van der Waals surface area contributed by atoms with Crippen LogP contribution in [0.25, 0.3) is 0 Å². The highest BCUT2D eigenvalue weighted by molar-refractivity contribution is 5.68. The summed E-state index contributed by atoms with van der Waals surface area (Å²) in [6.07, 6.45) is 1.71. The molecule has 0 saturated carbocycles. The Labute approximate surface area is 111 Å². The molecule has 1 aromatic rings. The van der Waals surface area contributed by atoms with Gasteiger partial charge in [0.25, 0.3) is 0 Å². The van der Waals surface area contributed by atoms with E-state index in [4.69, 9.17) is 9.47 Å². The van der Waals surface area contributed by atoms with Crippen LogP contribution >= 0.6 is 0 Å². The van der Waals surface area contributed by atoms with E-state index in [2.05, 4.69) is 5.32 Å². The first-order valence-electron chi connectivity index (χ1n) is 6.47. The van der Waals surface area contributed by atoms with Gasteiger partial charge in [-0.1, -0.05) is 6.07 Å². The number of hydrogen-bond donors (Lipinski definition) is 1. The Hall–Kier alpha value is -1.82. The van der Waals surface area contributed by atoms with Gasteiger partial charge in [-0.15, -0.1) is 0 Å². The van der Waals surface area contributed by atoms with E-state index in [-0.39, 0.29) is 11.7 Å². The van der Waals surface area contributed by atoms with Crippen molar-refractivity contribution in [1.82, 2.24) is 0 Å². The van der Waals surface area contributed by atoms with E-state index in [0.717, 1.165) is 12.8 Å². The maximum atomic E-state index is 11.2. The number of nitrogens with one attached hydrogen (secondary N) is 1. The lowest BCUT2D eigenvalue weighted by molar-refractivity contribution is -0.385. The van der Waals surface area contributed by atoms with E-state index in [1.165, 1.54) is 0 Å². The van der Waals surface area contributed by atoms with Crippen LogP contribution in [0.4, 0.5) is 11.4 Å². The van der Waals surface area contributed by atoms with Gasteiger partial charge >= 0.3 is 5.69 Å². The zero-order valence-electron chi connectivity index (χ0n) is 10.9. The van der Waals surface area contributed by atoms with Crippen molar-refractivity contribution in [1.29, 1.82) is 0 Å². The first kappa shape index (κ1) is 13.6. The Morgan fingerprint density at radius 3 is 2.84 bits per heavy atom. The first-order chi connectivity index (χ1) is 9.22. The lowest BCUT2D eigenvalue weighted by Crippen LogP contribution is -2.28. The third kappa shape index (κ3) is 3.35. The van der Waals surface area contributed by atoms with Crippen molar-refractivity contribution in [2.24, 2.45) is 0 Å². The smallest absolute Gasteiger partial charge is 0.333 e. The molecule has 0 bridgehead atoms. The Morgan fingerprint density at radius 2 is 2.21 bits per heavy atom. The molecule has 0 atom stereocenters. The van der Waals surface area contributed by atoms with Gasteiger partial charge in [0.1, 0.15) is 5.69 Å². The van der Waals surface area contributed by atoms with Crippen molar-refractivity contribution in [3.63, 3.8) is 0 Å². The molecule has 1 N–H and O–H groups in total. The lowest BCUT2D eigenvalue weighted by atomic mass is 10.1. The minimum Gasteiger partial charge on any atom is -0.487 e. The Balaban J connectivity index is 2.22. The van der Waals surface area contributed by atoms with Gasteiger partial charge in [-0.05, 0) is 31.9 Å². The fourth-order valence-corrected chi connectivity index (χ4v) is 2.16. The number of nitro groups is 1. The Kier molecular flexibility index (Phi) is 4.57. The summed E-state index contributed by atoms with van der Waals surface area (Å²) in [6, 6.07) is 5.32. The van der Waals surface area contributed by atoms with Crippen molar-refractivity contribution >= 4 is 11.4 Å². The second-order valence-electron chi connectivity index (χ2n) is 4.37. The molecule has 19 heavy (non-hydrogen) atoms. The number of ether oxygens (including phenoxy) is 2. The zero-order chi connectivity index (χ0) is 13.7. The summed E-state index contributed by atoms with van der Waals surface area (Å²) < 4.78 is 10.6. The van der Waals surface area contributed by atoms with E-state index in [1.54, 1.807) is 18.2 Å². The van der Waals surface area contributed by atoms with Crippen LogP contribution in [0.2, 0.25) is 0 Å². The van der Waals surface area contributed by atoms with E-state index in [9.17, 15) is 10.1 Å². The summed E-state index contributed by atoms with van der Waals surface area (Å²) >= 11 is 0. The maximum Gasteiger partial charge on any atom is 0.333 e. The highest BCUT2D eigenvalue weighted by Crippen LogP contribution is 2.35. The molecule has 1 aromatic carbocycles. The van der Waals surface area contributed by atoms with Crippen LogP contribution in [0.3, 0.4) is 0 Å². The molecule has 0 unspecified atom stereocenters. The number of para-hydroxylation sites is 1. The molecule has 1 heterocycles. The van der Waals surface area contributed by atoms with Crippen molar-refractivity contribution < 1.29 is 14.4 Å². The quantitative estimate of drug-likeness (QED) is 0.655. The van der Waals surface area contributed by atoms with Crippen LogP contribution < -0.4 is 10.1 Å². The molecule has 1 aliphatic heterocycles. The van der Waals surface area contributed by atoms with Gasteiger partial charge < -0.3 is 14.8 Å².